The second-order valence-electron chi connectivity index (χ2n) is 7.10. The lowest BCUT2D eigenvalue weighted by molar-refractivity contribution is -0.00284. The molecular formula is C16H22N2O. The van der Waals surface area contributed by atoms with E-state index in [2.05, 4.69) is 4.98 Å². The Morgan fingerprint density at radius 1 is 1.11 bits per heavy atom. The Kier molecular flexibility index (Phi) is 2.36. The van der Waals surface area contributed by atoms with Crippen molar-refractivity contribution in [2.45, 2.75) is 44.9 Å². The quantitative estimate of drug-likeness (QED) is 0.813. The topological polar surface area (TPSA) is 58.9 Å². The Hall–Kier alpha value is -1.25. The van der Waals surface area contributed by atoms with Crippen molar-refractivity contribution in [1.29, 1.82) is 0 Å². The van der Waals surface area contributed by atoms with Crippen molar-refractivity contribution < 1.29 is 0 Å². The summed E-state index contributed by atoms with van der Waals surface area (Å²) < 4.78 is 0. The standard InChI is InChI=1S/C16H22N2O/c1-8-2-13(19)18-16(17)14(8)15-11-4-9-3-10(6-11)7-12(15)5-9/h2,9-12,15H,3-7H2,1H3,(H3,17,18,19). The van der Waals surface area contributed by atoms with Gasteiger partial charge in [-0.3, -0.25) is 4.79 Å². The molecule has 0 amide bonds. The number of nitrogens with two attached hydrogens (primary N) is 1. The first-order valence-corrected chi connectivity index (χ1v) is 7.61. The van der Waals surface area contributed by atoms with Crippen LogP contribution >= 0.6 is 0 Å². The SMILES string of the molecule is Cc1cc(=O)[nH]c(N)c1C1C2CC3CC(C2)CC1C3. The van der Waals surface area contributed by atoms with Crippen LogP contribution in [0.4, 0.5) is 5.82 Å². The summed E-state index contributed by atoms with van der Waals surface area (Å²) >= 11 is 0. The number of anilines is 1. The monoisotopic (exact) mass is 258 g/mol. The average molecular weight is 258 g/mol. The first kappa shape index (κ1) is 11.6. The van der Waals surface area contributed by atoms with Gasteiger partial charge in [0.2, 0.25) is 5.56 Å². The summed E-state index contributed by atoms with van der Waals surface area (Å²) in [5.41, 5.74) is 8.43. The summed E-state index contributed by atoms with van der Waals surface area (Å²) in [4.78, 5) is 14.3. The van der Waals surface area contributed by atoms with E-state index in [0.29, 0.717) is 11.7 Å². The third-order valence-electron chi connectivity index (χ3n) is 5.88. The van der Waals surface area contributed by atoms with Gasteiger partial charge in [0, 0.05) is 6.07 Å². The van der Waals surface area contributed by atoms with Gasteiger partial charge in [-0.2, -0.15) is 0 Å². The number of hydrogen-bond donors (Lipinski definition) is 2. The molecule has 0 saturated heterocycles. The van der Waals surface area contributed by atoms with Crippen molar-refractivity contribution in [3.8, 4) is 0 Å². The number of aryl methyl sites for hydroxylation is 1. The smallest absolute Gasteiger partial charge is 0.249 e. The molecule has 0 aliphatic heterocycles. The maximum atomic E-state index is 11.5. The summed E-state index contributed by atoms with van der Waals surface area (Å²) in [5.74, 6) is 4.80. The fourth-order valence-corrected chi connectivity index (χ4v) is 5.56. The highest BCUT2D eigenvalue weighted by atomic mass is 16.1. The molecule has 0 radical (unpaired) electrons. The predicted molar refractivity (Wildman–Crippen MR) is 76.0 cm³/mol. The van der Waals surface area contributed by atoms with Crippen molar-refractivity contribution in [2.75, 3.05) is 5.73 Å². The van der Waals surface area contributed by atoms with Gasteiger partial charge in [-0.05, 0) is 79.7 Å². The number of aromatic amines is 1. The van der Waals surface area contributed by atoms with Crippen LogP contribution in [0, 0.1) is 30.6 Å². The lowest BCUT2D eigenvalue weighted by Gasteiger charge is -2.55. The van der Waals surface area contributed by atoms with Crippen molar-refractivity contribution in [3.05, 3.63) is 27.5 Å². The number of nitrogens with one attached hydrogen (secondary N) is 1. The average Bonchev–Trinajstić information content (AvgIpc) is 2.30. The van der Waals surface area contributed by atoms with E-state index in [9.17, 15) is 4.79 Å². The van der Waals surface area contributed by atoms with E-state index in [1.165, 1.54) is 37.7 Å². The van der Waals surface area contributed by atoms with Crippen LogP contribution < -0.4 is 11.3 Å². The summed E-state index contributed by atoms with van der Waals surface area (Å²) in [6.45, 7) is 2.05. The third kappa shape index (κ3) is 1.67. The first-order chi connectivity index (χ1) is 9.11. The second-order valence-corrected chi connectivity index (χ2v) is 7.10. The molecular weight excluding hydrogens is 236 g/mol. The molecule has 4 aliphatic carbocycles. The van der Waals surface area contributed by atoms with Crippen LogP contribution in [-0.2, 0) is 0 Å². The van der Waals surface area contributed by atoms with Crippen LogP contribution in [0.5, 0.6) is 0 Å². The van der Waals surface area contributed by atoms with Crippen molar-refractivity contribution in [2.24, 2.45) is 23.7 Å². The summed E-state index contributed by atoms with van der Waals surface area (Å²) in [6, 6.07) is 1.72. The molecule has 3 N–H and O–H groups in total. The third-order valence-corrected chi connectivity index (χ3v) is 5.88. The lowest BCUT2D eigenvalue weighted by Crippen LogP contribution is -2.44. The predicted octanol–water partition coefficient (Wildman–Crippen LogP) is 2.81. The summed E-state index contributed by atoms with van der Waals surface area (Å²) in [6.07, 6.45) is 7.01. The fourth-order valence-electron chi connectivity index (χ4n) is 5.56. The van der Waals surface area contributed by atoms with Gasteiger partial charge in [0.1, 0.15) is 5.82 Å². The molecule has 0 aromatic carbocycles. The fraction of sp³-hybridized carbons (Fsp3) is 0.688. The zero-order valence-electron chi connectivity index (χ0n) is 11.5. The summed E-state index contributed by atoms with van der Waals surface area (Å²) in [7, 11) is 0. The molecule has 3 nitrogen and oxygen atoms in total. The minimum absolute atomic E-state index is 0.0671. The van der Waals surface area contributed by atoms with E-state index < -0.39 is 0 Å². The lowest BCUT2D eigenvalue weighted by atomic mass is 9.50. The highest BCUT2D eigenvalue weighted by molar-refractivity contribution is 5.47. The Bertz CT molecular complexity index is 520. The van der Waals surface area contributed by atoms with Gasteiger partial charge >= 0.3 is 0 Å². The van der Waals surface area contributed by atoms with Crippen LogP contribution in [0.15, 0.2) is 10.9 Å². The molecule has 1 heterocycles. The number of aromatic nitrogens is 1. The van der Waals surface area contributed by atoms with Crippen molar-refractivity contribution in [1.82, 2.24) is 4.98 Å². The maximum Gasteiger partial charge on any atom is 0.249 e. The van der Waals surface area contributed by atoms with E-state index in [0.717, 1.165) is 29.2 Å². The molecule has 4 bridgehead atoms. The van der Waals surface area contributed by atoms with Gasteiger partial charge in [-0.15, -0.1) is 0 Å². The molecule has 3 heteroatoms. The van der Waals surface area contributed by atoms with Crippen LogP contribution in [-0.4, -0.2) is 4.98 Å². The molecule has 0 unspecified atom stereocenters. The zero-order chi connectivity index (χ0) is 13.1. The van der Waals surface area contributed by atoms with E-state index >= 15 is 0 Å². The minimum Gasteiger partial charge on any atom is -0.385 e. The van der Waals surface area contributed by atoms with Crippen LogP contribution in [0.2, 0.25) is 0 Å². The molecule has 19 heavy (non-hydrogen) atoms. The molecule has 0 atom stereocenters. The van der Waals surface area contributed by atoms with E-state index in [-0.39, 0.29) is 5.56 Å². The van der Waals surface area contributed by atoms with Crippen molar-refractivity contribution >= 4 is 5.82 Å². The Morgan fingerprint density at radius 3 is 2.21 bits per heavy atom. The Labute approximate surface area is 113 Å². The highest BCUT2D eigenvalue weighted by Crippen LogP contribution is 2.60. The van der Waals surface area contributed by atoms with Gasteiger partial charge in [0.15, 0.2) is 0 Å². The normalized spacial score (nSPS) is 39.7. The zero-order valence-corrected chi connectivity index (χ0v) is 11.5. The molecule has 4 saturated carbocycles. The molecule has 4 fully saturated rings. The van der Waals surface area contributed by atoms with E-state index in [4.69, 9.17) is 5.73 Å². The minimum atomic E-state index is -0.0671. The van der Waals surface area contributed by atoms with Crippen LogP contribution in [0.3, 0.4) is 0 Å². The van der Waals surface area contributed by atoms with Gasteiger partial charge in [-0.1, -0.05) is 0 Å². The van der Waals surface area contributed by atoms with Gasteiger partial charge in [0.25, 0.3) is 0 Å². The number of nitrogen functional groups attached to an aromatic ring is 1. The van der Waals surface area contributed by atoms with E-state index in [1.807, 2.05) is 6.92 Å². The molecule has 4 aliphatic rings. The highest BCUT2D eigenvalue weighted by Gasteiger charge is 2.49. The van der Waals surface area contributed by atoms with Gasteiger partial charge < -0.3 is 10.7 Å². The molecule has 5 rings (SSSR count). The number of pyridine rings is 1. The number of rotatable bonds is 1. The number of hydrogen-bond acceptors (Lipinski definition) is 2. The number of H-pyrrole nitrogens is 1. The maximum absolute atomic E-state index is 11.5. The second kappa shape index (κ2) is 3.87. The largest absolute Gasteiger partial charge is 0.385 e. The molecule has 0 spiro atoms. The van der Waals surface area contributed by atoms with Crippen molar-refractivity contribution in [3.63, 3.8) is 0 Å². The molecule has 102 valence electrons. The first-order valence-electron chi connectivity index (χ1n) is 7.61. The molecule has 1 aromatic heterocycles. The molecule has 1 aromatic rings. The van der Waals surface area contributed by atoms with E-state index in [1.54, 1.807) is 6.07 Å². The van der Waals surface area contributed by atoms with Gasteiger partial charge in [-0.25, -0.2) is 0 Å². The Morgan fingerprint density at radius 2 is 1.68 bits per heavy atom. The summed E-state index contributed by atoms with van der Waals surface area (Å²) in [5, 5.41) is 0. The Balaban J connectivity index is 1.79. The van der Waals surface area contributed by atoms with Crippen LogP contribution in [0.1, 0.15) is 49.1 Å². The van der Waals surface area contributed by atoms with Crippen LogP contribution in [0.25, 0.3) is 0 Å². The van der Waals surface area contributed by atoms with Gasteiger partial charge in [0.05, 0.1) is 0 Å².